The summed E-state index contributed by atoms with van der Waals surface area (Å²) in [5.74, 6) is -1.84. The summed E-state index contributed by atoms with van der Waals surface area (Å²) in [5, 5.41) is 12.2. The minimum atomic E-state index is -0.685. The first-order chi connectivity index (χ1) is 17.8. The lowest BCUT2D eigenvalue weighted by Crippen LogP contribution is -2.52. The first-order valence-electron chi connectivity index (χ1n) is 13.4. The number of thioether (sulfide) groups is 1. The molecule has 37 heavy (non-hydrogen) atoms. The fourth-order valence-electron chi connectivity index (χ4n) is 6.30. The van der Waals surface area contributed by atoms with Gasteiger partial charge < -0.3 is 25.0 Å². The van der Waals surface area contributed by atoms with Crippen molar-refractivity contribution in [3.8, 4) is 0 Å². The summed E-state index contributed by atoms with van der Waals surface area (Å²) >= 11 is 5.37. The van der Waals surface area contributed by atoms with Gasteiger partial charge in [-0.2, -0.15) is 0 Å². The molecule has 3 fully saturated rings. The molecule has 2 N–H and O–H groups in total. The van der Waals surface area contributed by atoms with Crippen molar-refractivity contribution < 1.29 is 24.2 Å². The van der Waals surface area contributed by atoms with Crippen LogP contribution in [0.3, 0.4) is 0 Å². The lowest BCUT2D eigenvalue weighted by molar-refractivity contribution is -0.153. The van der Waals surface area contributed by atoms with Crippen molar-refractivity contribution in [2.45, 2.75) is 67.3 Å². The number of amides is 2. The number of carbonyl (C=O) groups excluding carboxylic acids is 3. The molecule has 0 saturated carbocycles. The largest absolute Gasteiger partial charge is 0.466 e. The zero-order valence-electron chi connectivity index (χ0n) is 21.8. The van der Waals surface area contributed by atoms with Crippen LogP contribution < -0.4 is 10.2 Å². The van der Waals surface area contributed by atoms with Crippen LogP contribution in [0.25, 0.3) is 0 Å². The maximum atomic E-state index is 13.9. The number of nitrogens with one attached hydrogen (secondary N) is 1. The lowest BCUT2D eigenvalue weighted by atomic mass is 9.71. The number of anilines is 2. The van der Waals surface area contributed by atoms with Crippen molar-refractivity contribution in [2.24, 2.45) is 11.8 Å². The molecule has 0 radical (unpaired) electrons. The van der Waals surface area contributed by atoms with Gasteiger partial charge >= 0.3 is 5.97 Å². The van der Waals surface area contributed by atoms with Crippen LogP contribution in [0.4, 0.5) is 11.4 Å². The van der Waals surface area contributed by atoms with E-state index >= 15 is 0 Å². The van der Waals surface area contributed by atoms with Crippen LogP contribution in [-0.4, -0.2) is 81.5 Å². The summed E-state index contributed by atoms with van der Waals surface area (Å²) in [5.41, 5.74) is 1.77. The van der Waals surface area contributed by atoms with E-state index in [-0.39, 0.29) is 41.1 Å². The zero-order valence-corrected chi connectivity index (χ0v) is 24.2. The standard InChI is InChI=1S/C27H38BrN3O5S/c1-4-30(5-2)18-12-10-17(11-13-18)29-24(33)23-27-16-19(28)22(37-27)20(26(35)36-6-3)21(27)25(34)31(23)14-8-7-9-15-32/h10-13,19-23,32H,4-9,14-16H2,1-3H3,(H,29,33)/t19?,20-,21-,22-,23?,27?/m0/s1. The number of ether oxygens (including phenoxy) is 1. The fraction of sp³-hybridized carbons (Fsp3) is 0.667. The Morgan fingerprint density at radius 2 is 1.89 bits per heavy atom. The van der Waals surface area contributed by atoms with E-state index in [0.29, 0.717) is 31.5 Å². The number of fused-ring (bicyclic) bond motifs is 1. The Morgan fingerprint density at radius 1 is 1.19 bits per heavy atom. The van der Waals surface area contributed by atoms with Gasteiger partial charge in [-0.3, -0.25) is 14.4 Å². The van der Waals surface area contributed by atoms with Crippen LogP contribution in [-0.2, 0) is 19.1 Å². The Balaban J connectivity index is 1.62. The predicted octanol–water partition coefficient (Wildman–Crippen LogP) is 3.66. The van der Waals surface area contributed by atoms with E-state index in [0.717, 1.165) is 25.2 Å². The average molecular weight is 597 g/mol. The highest BCUT2D eigenvalue weighted by atomic mass is 79.9. The van der Waals surface area contributed by atoms with Gasteiger partial charge in [0.05, 0.1) is 23.2 Å². The van der Waals surface area contributed by atoms with Gasteiger partial charge in [0.25, 0.3) is 0 Å². The number of rotatable bonds is 12. The summed E-state index contributed by atoms with van der Waals surface area (Å²) in [6, 6.07) is 7.11. The van der Waals surface area contributed by atoms with Crippen LogP contribution in [0.15, 0.2) is 24.3 Å². The Labute approximate surface area is 232 Å². The van der Waals surface area contributed by atoms with Gasteiger partial charge in [-0.15, -0.1) is 11.8 Å². The van der Waals surface area contributed by atoms with Crippen LogP contribution in [0.5, 0.6) is 0 Å². The molecule has 3 heterocycles. The van der Waals surface area contributed by atoms with Crippen molar-refractivity contribution in [1.82, 2.24) is 4.90 Å². The molecule has 3 unspecified atom stereocenters. The second kappa shape index (κ2) is 11.9. The third-order valence-corrected chi connectivity index (χ3v) is 11.1. The number of halogens is 1. The van der Waals surface area contributed by atoms with E-state index in [1.807, 2.05) is 24.3 Å². The third-order valence-electron chi connectivity index (χ3n) is 7.92. The second-order valence-electron chi connectivity index (χ2n) is 9.94. The molecule has 2 bridgehead atoms. The van der Waals surface area contributed by atoms with Gasteiger partial charge in [-0.05, 0) is 70.7 Å². The first kappa shape index (κ1) is 28.2. The number of carbonyl (C=O) groups is 3. The number of aliphatic hydroxyl groups excluding tert-OH is 1. The fourth-order valence-corrected chi connectivity index (χ4v) is 9.90. The van der Waals surface area contributed by atoms with E-state index in [4.69, 9.17) is 4.74 Å². The normalized spacial score (nSPS) is 29.9. The molecule has 3 aliphatic rings. The van der Waals surface area contributed by atoms with Crippen LogP contribution >= 0.6 is 27.7 Å². The van der Waals surface area contributed by atoms with E-state index in [1.54, 1.807) is 23.6 Å². The molecule has 10 heteroatoms. The summed E-state index contributed by atoms with van der Waals surface area (Å²) in [7, 11) is 0. The number of hydrogen-bond donors (Lipinski definition) is 2. The third kappa shape index (κ3) is 5.13. The second-order valence-corrected chi connectivity index (χ2v) is 12.7. The molecule has 0 aliphatic carbocycles. The van der Waals surface area contributed by atoms with Gasteiger partial charge in [-0.1, -0.05) is 15.9 Å². The molecular formula is C27H38BrN3O5S. The molecule has 1 aromatic rings. The quantitative estimate of drug-likeness (QED) is 0.216. The van der Waals surface area contributed by atoms with Crippen molar-refractivity contribution in [1.29, 1.82) is 0 Å². The zero-order chi connectivity index (χ0) is 26.7. The van der Waals surface area contributed by atoms with Gasteiger partial charge in [0.15, 0.2) is 0 Å². The van der Waals surface area contributed by atoms with Crippen LogP contribution in [0.1, 0.15) is 46.5 Å². The number of hydrogen-bond acceptors (Lipinski definition) is 7. The topological polar surface area (TPSA) is 99.2 Å². The van der Waals surface area contributed by atoms with Crippen molar-refractivity contribution >= 4 is 56.9 Å². The highest BCUT2D eigenvalue weighted by Crippen LogP contribution is 2.67. The Hall–Kier alpha value is -1.78. The molecule has 3 aliphatic heterocycles. The highest BCUT2D eigenvalue weighted by Gasteiger charge is 2.75. The SMILES string of the molecule is CCOC(=O)[C@H]1[C@H]2C(=O)N(CCCCCO)C(C(=O)Nc3ccc(N(CC)CC)cc3)C23CC(Br)[C@@H]1S3. The summed E-state index contributed by atoms with van der Waals surface area (Å²) in [4.78, 5) is 44.8. The predicted molar refractivity (Wildman–Crippen MR) is 150 cm³/mol. The van der Waals surface area contributed by atoms with Crippen LogP contribution in [0.2, 0.25) is 0 Å². The molecule has 6 atom stereocenters. The molecule has 2 amide bonds. The molecule has 1 spiro atoms. The molecule has 3 saturated heterocycles. The minimum absolute atomic E-state index is 0.0222. The number of likely N-dealkylation sites (tertiary alicyclic amines) is 1. The molecule has 4 rings (SSSR count). The van der Waals surface area contributed by atoms with Crippen molar-refractivity contribution in [2.75, 3.05) is 43.1 Å². The smallest absolute Gasteiger partial charge is 0.310 e. The number of benzene rings is 1. The lowest BCUT2D eigenvalue weighted by Gasteiger charge is -2.35. The minimum Gasteiger partial charge on any atom is -0.466 e. The van der Waals surface area contributed by atoms with Gasteiger partial charge in [-0.25, -0.2) is 0 Å². The molecule has 8 nitrogen and oxygen atoms in total. The number of nitrogens with zero attached hydrogens (tertiary/aromatic N) is 2. The highest BCUT2D eigenvalue weighted by molar-refractivity contribution is 9.09. The number of unbranched alkanes of at least 4 members (excludes halogenated alkanes) is 2. The summed E-state index contributed by atoms with van der Waals surface area (Å²) < 4.78 is 4.71. The van der Waals surface area contributed by atoms with E-state index in [2.05, 4.69) is 40.0 Å². The Bertz CT molecular complexity index is 991. The maximum Gasteiger partial charge on any atom is 0.310 e. The molecule has 0 aromatic heterocycles. The monoisotopic (exact) mass is 595 g/mol. The molecule has 1 aromatic carbocycles. The first-order valence-corrected chi connectivity index (χ1v) is 15.2. The van der Waals surface area contributed by atoms with Crippen LogP contribution in [0, 0.1) is 11.8 Å². The van der Waals surface area contributed by atoms with E-state index in [1.165, 1.54) is 0 Å². The molecule has 204 valence electrons. The van der Waals surface area contributed by atoms with Gasteiger partial charge in [0.1, 0.15) is 6.04 Å². The van der Waals surface area contributed by atoms with Crippen molar-refractivity contribution in [3.63, 3.8) is 0 Å². The maximum absolute atomic E-state index is 13.9. The van der Waals surface area contributed by atoms with Gasteiger partial charge in [0, 0.05) is 47.7 Å². The number of esters is 1. The van der Waals surface area contributed by atoms with Gasteiger partial charge in [0.2, 0.25) is 11.8 Å². The summed E-state index contributed by atoms with van der Waals surface area (Å²) in [6.07, 6.45) is 2.74. The molecular weight excluding hydrogens is 558 g/mol. The van der Waals surface area contributed by atoms with E-state index in [9.17, 15) is 19.5 Å². The average Bonchev–Trinajstić information content (AvgIpc) is 3.47. The Morgan fingerprint density at radius 3 is 2.51 bits per heavy atom. The Kier molecular flexibility index (Phi) is 9.12. The van der Waals surface area contributed by atoms with E-state index < -0.39 is 22.6 Å². The number of alkyl halides is 1. The van der Waals surface area contributed by atoms with Crippen molar-refractivity contribution in [3.05, 3.63) is 24.3 Å². The number of aliphatic hydroxyl groups is 1. The summed E-state index contributed by atoms with van der Waals surface area (Å²) in [6.45, 7) is 8.55.